The van der Waals surface area contributed by atoms with Gasteiger partial charge in [-0.15, -0.1) is 0 Å². The van der Waals surface area contributed by atoms with E-state index in [1.54, 1.807) is 0 Å². The van der Waals surface area contributed by atoms with Gasteiger partial charge in [0.1, 0.15) is 4.32 Å². The standard InChI is InChI=1S/C27H20N2OS2/c1-18-12-14-22(15-13-18)29-23(19-8-4-2-5-9-19)16-21(17-24-26(30)28-27(31)32-24)25(29)20-10-6-3-7-11-20/h2-17H,1H3,(H,28,30,31)/b24-17-. The number of aryl methyl sites for hydroxylation is 1. The highest BCUT2D eigenvalue weighted by molar-refractivity contribution is 8.26. The average molecular weight is 453 g/mol. The predicted molar refractivity (Wildman–Crippen MR) is 138 cm³/mol. The number of nitrogens with one attached hydrogen (secondary N) is 1. The second-order valence-electron chi connectivity index (χ2n) is 7.59. The Morgan fingerprint density at radius 1 is 0.875 bits per heavy atom. The van der Waals surface area contributed by atoms with Crippen molar-refractivity contribution in [3.8, 4) is 28.2 Å². The predicted octanol–water partition coefficient (Wildman–Crippen LogP) is 6.61. The summed E-state index contributed by atoms with van der Waals surface area (Å²) in [6.45, 7) is 2.09. The van der Waals surface area contributed by atoms with Crippen molar-refractivity contribution in [1.29, 1.82) is 0 Å². The largest absolute Gasteiger partial charge is 0.309 e. The highest BCUT2D eigenvalue weighted by atomic mass is 32.2. The third kappa shape index (κ3) is 3.93. The van der Waals surface area contributed by atoms with Gasteiger partial charge in [-0.1, -0.05) is 102 Å². The minimum Gasteiger partial charge on any atom is -0.309 e. The molecule has 156 valence electrons. The van der Waals surface area contributed by atoms with Gasteiger partial charge in [-0.2, -0.15) is 0 Å². The molecule has 1 aromatic heterocycles. The van der Waals surface area contributed by atoms with E-state index in [4.69, 9.17) is 12.2 Å². The highest BCUT2D eigenvalue weighted by Gasteiger charge is 2.25. The van der Waals surface area contributed by atoms with E-state index >= 15 is 0 Å². The van der Waals surface area contributed by atoms with Gasteiger partial charge in [-0.25, -0.2) is 0 Å². The molecule has 0 bridgehead atoms. The number of hydrogen-bond donors (Lipinski definition) is 1. The SMILES string of the molecule is Cc1ccc(-n2c(-c3ccccc3)cc(/C=C3\SC(=S)NC3=O)c2-c2ccccc2)cc1. The van der Waals surface area contributed by atoms with Gasteiger partial charge in [0.25, 0.3) is 5.91 Å². The van der Waals surface area contributed by atoms with Crippen molar-refractivity contribution in [3.63, 3.8) is 0 Å². The van der Waals surface area contributed by atoms with Crippen molar-refractivity contribution in [3.05, 3.63) is 107 Å². The molecule has 0 unspecified atom stereocenters. The minimum absolute atomic E-state index is 0.150. The Balaban J connectivity index is 1.83. The zero-order chi connectivity index (χ0) is 22.1. The van der Waals surface area contributed by atoms with Gasteiger partial charge in [-0.3, -0.25) is 4.79 Å². The lowest BCUT2D eigenvalue weighted by Crippen LogP contribution is -2.17. The van der Waals surface area contributed by atoms with Crippen molar-refractivity contribution in [1.82, 2.24) is 9.88 Å². The molecule has 0 saturated carbocycles. The van der Waals surface area contributed by atoms with E-state index in [-0.39, 0.29) is 5.91 Å². The number of carbonyl (C=O) groups excluding carboxylic acids is 1. The summed E-state index contributed by atoms with van der Waals surface area (Å²) < 4.78 is 2.76. The number of thioether (sulfide) groups is 1. The second-order valence-corrected chi connectivity index (χ2v) is 9.31. The van der Waals surface area contributed by atoms with Crippen LogP contribution in [0.3, 0.4) is 0 Å². The average Bonchev–Trinajstić information content (AvgIpc) is 3.34. The monoisotopic (exact) mass is 452 g/mol. The third-order valence-electron chi connectivity index (χ3n) is 5.37. The molecule has 5 rings (SSSR count). The fourth-order valence-corrected chi connectivity index (χ4v) is 4.91. The van der Waals surface area contributed by atoms with Gasteiger partial charge < -0.3 is 9.88 Å². The van der Waals surface area contributed by atoms with Crippen LogP contribution in [0.5, 0.6) is 0 Å². The Labute approximate surface area is 196 Å². The lowest BCUT2D eigenvalue weighted by atomic mass is 10.1. The summed E-state index contributed by atoms with van der Waals surface area (Å²) in [7, 11) is 0. The van der Waals surface area contributed by atoms with Gasteiger partial charge in [0.05, 0.1) is 16.3 Å². The molecular formula is C27H20N2OS2. The van der Waals surface area contributed by atoms with Crippen LogP contribution >= 0.6 is 24.0 Å². The molecule has 0 aliphatic carbocycles. The number of nitrogens with zero attached hydrogens (tertiary/aromatic N) is 1. The normalized spacial score (nSPS) is 14.7. The fraction of sp³-hybridized carbons (Fsp3) is 0.0370. The maximum absolute atomic E-state index is 12.4. The molecule has 2 heterocycles. The zero-order valence-electron chi connectivity index (χ0n) is 17.4. The Morgan fingerprint density at radius 3 is 2.09 bits per heavy atom. The molecule has 4 aromatic rings. The third-order valence-corrected chi connectivity index (χ3v) is 6.53. The molecule has 0 radical (unpaired) electrons. The maximum atomic E-state index is 12.4. The van der Waals surface area contributed by atoms with Crippen LogP contribution in [0, 0.1) is 6.92 Å². The summed E-state index contributed by atoms with van der Waals surface area (Å²) in [5, 5.41) is 2.72. The second kappa shape index (κ2) is 8.61. The van der Waals surface area contributed by atoms with Crippen molar-refractivity contribution in [2.45, 2.75) is 6.92 Å². The van der Waals surface area contributed by atoms with E-state index in [1.807, 2.05) is 42.5 Å². The van der Waals surface area contributed by atoms with Crippen LogP contribution in [-0.4, -0.2) is 14.8 Å². The molecule has 1 N–H and O–H groups in total. The van der Waals surface area contributed by atoms with Gasteiger partial charge >= 0.3 is 0 Å². The Hall–Kier alpha value is -3.41. The number of amides is 1. The quantitative estimate of drug-likeness (QED) is 0.279. The summed E-state index contributed by atoms with van der Waals surface area (Å²) in [5.74, 6) is -0.150. The Morgan fingerprint density at radius 2 is 1.50 bits per heavy atom. The van der Waals surface area contributed by atoms with Gasteiger partial charge in [-0.05, 0) is 42.3 Å². The number of rotatable bonds is 4. The summed E-state index contributed by atoms with van der Waals surface area (Å²) in [6.07, 6.45) is 1.94. The number of aromatic nitrogens is 1. The van der Waals surface area contributed by atoms with E-state index < -0.39 is 0 Å². The first-order valence-corrected chi connectivity index (χ1v) is 11.5. The molecule has 5 heteroatoms. The van der Waals surface area contributed by atoms with Crippen LogP contribution in [0.2, 0.25) is 0 Å². The number of carbonyl (C=O) groups is 1. The van der Waals surface area contributed by atoms with E-state index in [1.165, 1.54) is 17.3 Å². The van der Waals surface area contributed by atoms with Crippen LogP contribution in [0.4, 0.5) is 0 Å². The van der Waals surface area contributed by atoms with Crippen molar-refractivity contribution < 1.29 is 4.79 Å². The molecule has 1 aliphatic rings. The van der Waals surface area contributed by atoms with E-state index in [9.17, 15) is 4.79 Å². The van der Waals surface area contributed by atoms with Crippen LogP contribution in [-0.2, 0) is 4.79 Å². The van der Waals surface area contributed by atoms with E-state index in [2.05, 4.69) is 71.4 Å². The molecule has 0 atom stereocenters. The number of benzene rings is 3. The number of thiocarbonyl (C=S) groups is 1. The van der Waals surface area contributed by atoms with Gasteiger partial charge in [0.2, 0.25) is 0 Å². The van der Waals surface area contributed by atoms with Crippen LogP contribution < -0.4 is 5.32 Å². The van der Waals surface area contributed by atoms with Crippen LogP contribution in [0.15, 0.2) is 95.9 Å². The fourth-order valence-electron chi connectivity index (χ4n) is 3.88. The first kappa shape index (κ1) is 20.5. The first-order valence-electron chi connectivity index (χ1n) is 10.3. The van der Waals surface area contributed by atoms with Gasteiger partial charge in [0.15, 0.2) is 0 Å². The summed E-state index contributed by atoms with van der Waals surface area (Å²) >= 11 is 6.50. The summed E-state index contributed by atoms with van der Waals surface area (Å²) in [4.78, 5) is 13.0. The summed E-state index contributed by atoms with van der Waals surface area (Å²) in [5.41, 5.74) is 7.52. The van der Waals surface area contributed by atoms with Crippen molar-refractivity contribution in [2.75, 3.05) is 0 Å². The van der Waals surface area contributed by atoms with E-state index in [0.717, 1.165) is 33.8 Å². The van der Waals surface area contributed by atoms with Gasteiger partial charge in [0, 0.05) is 11.3 Å². The Bertz CT molecular complexity index is 1340. The molecule has 3 nitrogen and oxygen atoms in total. The molecule has 0 spiro atoms. The van der Waals surface area contributed by atoms with Crippen LogP contribution in [0.1, 0.15) is 11.1 Å². The molecule has 3 aromatic carbocycles. The highest BCUT2D eigenvalue weighted by Crippen LogP contribution is 2.38. The minimum atomic E-state index is -0.150. The van der Waals surface area contributed by atoms with Crippen LogP contribution in [0.25, 0.3) is 34.3 Å². The molecule has 32 heavy (non-hydrogen) atoms. The van der Waals surface area contributed by atoms with Crippen molar-refractivity contribution in [2.24, 2.45) is 0 Å². The molecule has 1 fully saturated rings. The molecule has 1 amide bonds. The maximum Gasteiger partial charge on any atom is 0.263 e. The molecular weight excluding hydrogens is 432 g/mol. The topological polar surface area (TPSA) is 34.0 Å². The Kier molecular flexibility index (Phi) is 5.52. The van der Waals surface area contributed by atoms with E-state index in [0.29, 0.717) is 9.23 Å². The first-order chi connectivity index (χ1) is 15.6. The number of hydrogen-bond acceptors (Lipinski definition) is 3. The summed E-state index contributed by atoms with van der Waals surface area (Å²) in [6, 6.07) is 31.3. The lowest BCUT2D eigenvalue weighted by Gasteiger charge is -2.15. The zero-order valence-corrected chi connectivity index (χ0v) is 19.0. The molecule has 1 aliphatic heterocycles. The smallest absolute Gasteiger partial charge is 0.263 e. The molecule has 1 saturated heterocycles. The van der Waals surface area contributed by atoms with Crippen molar-refractivity contribution >= 4 is 40.3 Å². The lowest BCUT2D eigenvalue weighted by molar-refractivity contribution is -0.115.